The molecule has 2 heterocycles. The van der Waals surface area contributed by atoms with Crippen LogP contribution in [0, 0.1) is 12.7 Å². The lowest BCUT2D eigenvalue weighted by molar-refractivity contribution is 0.475. The zero-order chi connectivity index (χ0) is 30.8. The van der Waals surface area contributed by atoms with Gasteiger partial charge in [-0.1, -0.05) is 45.9 Å². The average molecular weight is 575 g/mol. The van der Waals surface area contributed by atoms with Crippen molar-refractivity contribution in [2.75, 3.05) is 42.1 Å². The number of nitrogen functional groups attached to an aromatic ring is 1. The van der Waals surface area contributed by atoms with Gasteiger partial charge in [-0.15, -0.1) is 0 Å². The van der Waals surface area contributed by atoms with Crippen LogP contribution in [0.4, 0.5) is 27.1 Å². The van der Waals surface area contributed by atoms with Crippen LogP contribution in [0.5, 0.6) is 5.75 Å². The highest BCUT2D eigenvalue weighted by molar-refractivity contribution is 6.09. The van der Waals surface area contributed by atoms with E-state index in [0.717, 1.165) is 48.7 Å². The molecular weight excluding hydrogens is 531 g/mol. The first-order valence-electron chi connectivity index (χ1n) is 14.6. The molecule has 1 aliphatic rings. The molecule has 0 unspecified atom stereocenters. The van der Waals surface area contributed by atoms with E-state index in [1.54, 1.807) is 37.3 Å². The fourth-order valence-corrected chi connectivity index (χ4v) is 4.72. The Kier molecular flexibility index (Phi) is 11.5. The quantitative estimate of drug-likeness (QED) is 0.168. The van der Waals surface area contributed by atoms with E-state index in [9.17, 15) is 9.90 Å². The molecule has 224 valence electrons. The molecule has 1 aromatic heterocycles. The van der Waals surface area contributed by atoms with Crippen LogP contribution in [0.1, 0.15) is 51.3 Å². The first kappa shape index (κ1) is 32.1. The van der Waals surface area contributed by atoms with Crippen LogP contribution in [0.2, 0.25) is 0 Å². The van der Waals surface area contributed by atoms with Crippen molar-refractivity contribution in [3.05, 3.63) is 87.5 Å². The number of aromatic hydroxyl groups is 1. The minimum Gasteiger partial charge on any atom is -0.508 e. The molecule has 0 amide bonds. The third-order valence-electron chi connectivity index (χ3n) is 6.89. The van der Waals surface area contributed by atoms with Crippen molar-refractivity contribution >= 4 is 39.4 Å². The molecule has 8 nitrogen and oxygen atoms in total. The van der Waals surface area contributed by atoms with Crippen molar-refractivity contribution in [2.24, 2.45) is 4.99 Å². The SMILES string of the molecule is CC.CC.CC(=Nc1cc(N2CCNCC2)ccc1C)c1c(N)c2cc(F)c(NCc3ccc(O)cc3)cc2[nH]c1=O. The number of piperazine rings is 1. The van der Waals surface area contributed by atoms with E-state index in [1.807, 2.05) is 46.8 Å². The van der Waals surface area contributed by atoms with E-state index in [4.69, 9.17) is 10.7 Å². The number of nitrogens with zero attached hydrogens (tertiary/aromatic N) is 2. The third kappa shape index (κ3) is 7.47. The number of phenolic OH excluding ortho intramolecular Hbond substituents is 1. The van der Waals surface area contributed by atoms with Gasteiger partial charge in [0.2, 0.25) is 0 Å². The molecule has 4 aromatic rings. The Hall–Kier alpha value is -4.37. The van der Waals surface area contributed by atoms with Crippen LogP contribution in [-0.2, 0) is 6.54 Å². The summed E-state index contributed by atoms with van der Waals surface area (Å²) < 4.78 is 15.0. The monoisotopic (exact) mass is 574 g/mol. The maximum Gasteiger partial charge on any atom is 0.259 e. The number of aliphatic imine (C=N–C) groups is 1. The molecule has 42 heavy (non-hydrogen) atoms. The van der Waals surface area contributed by atoms with Gasteiger partial charge >= 0.3 is 0 Å². The number of rotatable bonds is 6. The number of benzene rings is 3. The van der Waals surface area contributed by atoms with Crippen molar-refractivity contribution in [3.8, 4) is 5.75 Å². The van der Waals surface area contributed by atoms with Crippen molar-refractivity contribution in [1.29, 1.82) is 0 Å². The highest BCUT2D eigenvalue weighted by Gasteiger charge is 2.17. The minimum absolute atomic E-state index is 0.163. The van der Waals surface area contributed by atoms with Gasteiger partial charge in [-0.2, -0.15) is 0 Å². The maximum absolute atomic E-state index is 15.0. The molecule has 0 bridgehead atoms. The topological polar surface area (TPSA) is 119 Å². The van der Waals surface area contributed by atoms with E-state index in [-0.39, 0.29) is 28.2 Å². The fraction of sp³-hybridized carbons (Fsp3) is 0.333. The normalized spacial score (nSPS) is 13.1. The summed E-state index contributed by atoms with van der Waals surface area (Å²) in [5.74, 6) is -0.328. The van der Waals surface area contributed by atoms with E-state index >= 15 is 4.39 Å². The minimum atomic E-state index is -0.491. The van der Waals surface area contributed by atoms with Gasteiger partial charge in [-0.05, 0) is 61.4 Å². The Balaban J connectivity index is 0.00000116. The van der Waals surface area contributed by atoms with Crippen LogP contribution >= 0.6 is 0 Å². The highest BCUT2D eigenvalue weighted by atomic mass is 19.1. The van der Waals surface area contributed by atoms with Gasteiger partial charge in [-0.3, -0.25) is 9.79 Å². The summed E-state index contributed by atoms with van der Waals surface area (Å²) in [6, 6.07) is 15.6. The summed E-state index contributed by atoms with van der Waals surface area (Å²) >= 11 is 0. The van der Waals surface area contributed by atoms with E-state index in [1.165, 1.54) is 6.07 Å². The Morgan fingerprint density at radius 3 is 2.38 bits per heavy atom. The largest absolute Gasteiger partial charge is 0.508 e. The first-order chi connectivity index (χ1) is 20.3. The van der Waals surface area contributed by atoms with Crippen LogP contribution in [-0.4, -0.2) is 42.0 Å². The van der Waals surface area contributed by atoms with E-state index in [0.29, 0.717) is 23.2 Å². The lowest BCUT2D eigenvalue weighted by atomic mass is 10.0. The van der Waals surface area contributed by atoms with Gasteiger partial charge in [0.25, 0.3) is 5.56 Å². The van der Waals surface area contributed by atoms with Gasteiger partial charge in [-0.25, -0.2) is 4.39 Å². The summed E-state index contributed by atoms with van der Waals surface area (Å²) in [5, 5.41) is 16.2. The summed E-state index contributed by atoms with van der Waals surface area (Å²) in [7, 11) is 0. The average Bonchev–Trinajstić information content (AvgIpc) is 3.01. The van der Waals surface area contributed by atoms with Gasteiger partial charge in [0.1, 0.15) is 11.6 Å². The van der Waals surface area contributed by atoms with Crippen LogP contribution < -0.4 is 26.8 Å². The number of anilines is 3. The molecule has 0 aliphatic carbocycles. The smallest absolute Gasteiger partial charge is 0.259 e. The number of aryl methyl sites for hydroxylation is 1. The third-order valence-corrected chi connectivity index (χ3v) is 6.89. The molecular formula is C33H43FN6O2. The lowest BCUT2D eigenvalue weighted by Gasteiger charge is -2.29. The van der Waals surface area contributed by atoms with Crippen LogP contribution in [0.15, 0.2) is 64.4 Å². The van der Waals surface area contributed by atoms with Crippen molar-refractivity contribution in [1.82, 2.24) is 10.3 Å². The van der Waals surface area contributed by atoms with Crippen LogP contribution in [0.25, 0.3) is 10.9 Å². The molecule has 5 rings (SSSR count). The molecule has 9 heteroatoms. The Morgan fingerprint density at radius 1 is 1.05 bits per heavy atom. The highest BCUT2D eigenvalue weighted by Crippen LogP contribution is 2.30. The maximum atomic E-state index is 15.0. The zero-order valence-electron chi connectivity index (χ0n) is 25.4. The van der Waals surface area contributed by atoms with Gasteiger partial charge < -0.3 is 31.4 Å². The second-order valence-corrected chi connectivity index (χ2v) is 9.55. The molecule has 0 saturated carbocycles. The Labute approximate surface area is 247 Å². The van der Waals surface area contributed by atoms with Gasteiger partial charge in [0.15, 0.2) is 0 Å². The summed E-state index contributed by atoms with van der Waals surface area (Å²) in [6.07, 6.45) is 0. The number of hydrogen-bond acceptors (Lipinski definition) is 7. The molecule has 1 saturated heterocycles. The van der Waals surface area contributed by atoms with Gasteiger partial charge in [0.05, 0.1) is 33.9 Å². The predicted octanol–water partition coefficient (Wildman–Crippen LogP) is 6.48. The second-order valence-electron chi connectivity index (χ2n) is 9.55. The van der Waals surface area contributed by atoms with E-state index in [2.05, 4.69) is 26.6 Å². The molecule has 1 aliphatic heterocycles. The number of H-pyrrole nitrogens is 1. The number of halogens is 1. The standard InChI is InChI=1S/C29H31FN6O2.2C2H6/c1-17-3-6-20(36-11-9-32-10-12-36)13-24(17)34-18(2)27-28(31)22-14-23(30)26(15-25(22)35-29(27)38)33-16-19-4-7-21(37)8-5-19;2*1-2/h3-8,13-15,32-33,37H,9-12,16H2,1-2H3,(H3,31,35,38);2*1-2H3. The lowest BCUT2D eigenvalue weighted by Crippen LogP contribution is -2.43. The molecule has 6 N–H and O–H groups in total. The number of fused-ring (bicyclic) bond motifs is 1. The number of nitrogens with one attached hydrogen (secondary N) is 3. The molecule has 0 atom stereocenters. The number of aromatic amines is 1. The first-order valence-corrected chi connectivity index (χ1v) is 14.6. The zero-order valence-corrected chi connectivity index (χ0v) is 25.4. The number of phenols is 1. The van der Waals surface area contributed by atoms with Crippen molar-refractivity contribution in [3.63, 3.8) is 0 Å². The summed E-state index contributed by atoms with van der Waals surface area (Å²) in [5.41, 5.74) is 11.3. The Morgan fingerprint density at radius 2 is 1.71 bits per heavy atom. The Bertz CT molecular complexity index is 1570. The summed E-state index contributed by atoms with van der Waals surface area (Å²) in [4.78, 5) is 23.0. The molecule has 3 aromatic carbocycles. The second kappa shape index (κ2) is 15.0. The number of pyridine rings is 1. The summed E-state index contributed by atoms with van der Waals surface area (Å²) in [6.45, 7) is 15.8. The molecule has 1 fully saturated rings. The number of aromatic nitrogens is 1. The fourth-order valence-electron chi connectivity index (χ4n) is 4.72. The van der Waals surface area contributed by atoms with Crippen molar-refractivity contribution in [2.45, 2.75) is 48.1 Å². The molecule has 0 radical (unpaired) electrons. The predicted molar refractivity (Wildman–Crippen MR) is 175 cm³/mol. The van der Waals surface area contributed by atoms with Gasteiger partial charge in [0, 0.05) is 43.8 Å². The van der Waals surface area contributed by atoms with Crippen LogP contribution in [0.3, 0.4) is 0 Å². The molecule has 0 spiro atoms. The number of hydrogen-bond donors (Lipinski definition) is 5. The van der Waals surface area contributed by atoms with E-state index < -0.39 is 5.82 Å². The number of nitrogens with two attached hydrogens (primary N) is 1. The van der Waals surface area contributed by atoms with Crippen molar-refractivity contribution < 1.29 is 9.50 Å².